The number of nitrogens with one attached hydrogen (secondary N) is 1. The van der Waals surface area contributed by atoms with E-state index >= 15 is 0 Å². The number of hydrogen-bond donors (Lipinski definition) is 1. The van der Waals surface area contributed by atoms with Crippen LogP contribution in [0, 0.1) is 0 Å². The van der Waals surface area contributed by atoms with Gasteiger partial charge in [0.2, 0.25) is 0 Å². The molecule has 4 nitrogen and oxygen atoms in total. The summed E-state index contributed by atoms with van der Waals surface area (Å²) in [7, 11) is 2.08. The molecule has 0 bridgehead atoms. The molecular formula is C9H15ClN4. The van der Waals surface area contributed by atoms with Crippen molar-refractivity contribution in [2.75, 3.05) is 32.0 Å². The zero-order chi connectivity index (χ0) is 10.4. The van der Waals surface area contributed by atoms with Crippen LogP contribution in [0.15, 0.2) is 12.4 Å². The smallest absolute Gasteiger partial charge is 0.134 e. The Morgan fingerprint density at radius 2 is 2.29 bits per heavy atom. The molecule has 78 valence electrons. The summed E-state index contributed by atoms with van der Waals surface area (Å²) < 4.78 is 0. The van der Waals surface area contributed by atoms with Crippen molar-refractivity contribution in [2.24, 2.45) is 0 Å². The van der Waals surface area contributed by atoms with Gasteiger partial charge in [0.25, 0.3) is 0 Å². The van der Waals surface area contributed by atoms with Crippen LogP contribution in [0.2, 0.25) is 5.15 Å². The molecule has 0 spiro atoms. The molecule has 1 N–H and O–H groups in total. The largest absolute Gasteiger partial charge is 0.369 e. The van der Waals surface area contributed by atoms with Crippen LogP contribution in [-0.2, 0) is 0 Å². The highest BCUT2D eigenvalue weighted by Gasteiger charge is 1.96. The Morgan fingerprint density at radius 3 is 2.93 bits per heavy atom. The minimum atomic E-state index is 0.464. The molecule has 1 heterocycles. The summed E-state index contributed by atoms with van der Waals surface area (Å²) in [6.07, 6.45) is 1.45. The molecule has 0 saturated heterocycles. The van der Waals surface area contributed by atoms with Crippen LogP contribution in [0.5, 0.6) is 0 Å². The van der Waals surface area contributed by atoms with Gasteiger partial charge in [0.1, 0.15) is 17.3 Å². The van der Waals surface area contributed by atoms with Crippen LogP contribution >= 0.6 is 11.6 Å². The van der Waals surface area contributed by atoms with Crippen molar-refractivity contribution in [2.45, 2.75) is 6.92 Å². The van der Waals surface area contributed by atoms with Gasteiger partial charge in [0.05, 0.1) is 0 Å². The Labute approximate surface area is 89.3 Å². The maximum absolute atomic E-state index is 5.71. The first-order valence-corrected chi connectivity index (χ1v) is 5.00. The highest BCUT2D eigenvalue weighted by molar-refractivity contribution is 6.29. The highest BCUT2D eigenvalue weighted by atomic mass is 35.5. The van der Waals surface area contributed by atoms with Gasteiger partial charge in [0.15, 0.2) is 0 Å². The predicted molar refractivity (Wildman–Crippen MR) is 58.7 cm³/mol. The molecule has 1 aromatic heterocycles. The number of nitrogens with zero attached hydrogens (tertiary/aromatic N) is 3. The molecule has 0 unspecified atom stereocenters. The fourth-order valence-corrected chi connectivity index (χ4v) is 1.11. The standard InChI is InChI=1S/C9H15ClN4/c1-3-14(2)5-4-11-9-6-8(10)12-7-13-9/h6-7H,3-5H2,1-2H3,(H,11,12,13). The van der Waals surface area contributed by atoms with Gasteiger partial charge in [-0.3, -0.25) is 0 Å². The molecule has 0 saturated carbocycles. The molecule has 0 fully saturated rings. The number of hydrogen-bond acceptors (Lipinski definition) is 4. The molecule has 0 aliphatic rings. The highest BCUT2D eigenvalue weighted by Crippen LogP contribution is 2.07. The molecule has 0 aliphatic carbocycles. The van der Waals surface area contributed by atoms with Gasteiger partial charge < -0.3 is 10.2 Å². The fourth-order valence-electron chi connectivity index (χ4n) is 0.963. The minimum absolute atomic E-state index is 0.464. The number of anilines is 1. The zero-order valence-corrected chi connectivity index (χ0v) is 9.25. The van der Waals surface area contributed by atoms with E-state index in [1.807, 2.05) is 0 Å². The van der Waals surface area contributed by atoms with Gasteiger partial charge in [-0.15, -0.1) is 0 Å². The number of aromatic nitrogens is 2. The topological polar surface area (TPSA) is 41.0 Å². The lowest BCUT2D eigenvalue weighted by molar-refractivity contribution is 0.367. The Morgan fingerprint density at radius 1 is 1.50 bits per heavy atom. The number of likely N-dealkylation sites (N-methyl/N-ethyl adjacent to an activating group) is 1. The summed E-state index contributed by atoms with van der Waals surface area (Å²) >= 11 is 5.71. The van der Waals surface area contributed by atoms with E-state index in [-0.39, 0.29) is 0 Å². The maximum atomic E-state index is 5.71. The first kappa shape index (κ1) is 11.2. The Hall–Kier alpha value is -0.870. The Balaban J connectivity index is 2.31. The normalized spacial score (nSPS) is 10.6. The first-order valence-electron chi connectivity index (χ1n) is 4.62. The van der Waals surface area contributed by atoms with Crippen molar-refractivity contribution in [3.8, 4) is 0 Å². The first-order chi connectivity index (χ1) is 6.72. The second kappa shape index (κ2) is 5.78. The minimum Gasteiger partial charge on any atom is -0.369 e. The van der Waals surface area contributed by atoms with Crippen molar-refractivity contribution in [3.05, 3.63) is 17.5 Å². The second-order valence-corrected chi connectivity index (χ2v) is 3.44. The summed E-state index contributed by atoms with van der Waals surface area (Å²) in [5.74, 6) is 0.773. The third-order valence-corrected chi connectivity index (χ3v) is 2.18. The lowest BCUT2D eigenvalue weighted by Crippen LogP contribution is -2.24. The van der Waals surface area contributed by atoms with E-state index in [0.717, 1.165) is 25.5 Å². The van der Waals surface area contributed by atoms with Gasteiger partial charge in [-0.05, 0) is 13.6 Å². The van der Waals surface area contributed by atoms with Gasteiger partial charge in [-0.2, -0.15) is 0 Å². The van der Waals surface area contributed by atoms with Gasteiger partial charge >= 0.3 is 0 Å². The molecule has 1 rings (SSSR count). The molecule has 5 heteroatoms. The van der Waals surface area contributed by atoms with E-state index in [1.165, 1.54) is 6.33 Å². The van der Waals surface area contributed by atoms with E-state index in [9.17, 15) is 0 Å². The molecule has 0 aliphatic heterocycles. The van der Waals surface area contributed by atoms with Crippen LogP contribution in [0.4, 0.5) is 5.82 Å². The molecular weight excluding hydrogens is 200 g/mol. The predicted octanol–water partition coefficient (Wildman–Crippen LogP) is 1.49. The SMILES string of the molecule is CCN(C)CCNc1cc(Cl)ncn1. The molecule has 14 heavy (non-hydrogen) atoms. The third-order valence-electron chi connectivity index (χ3n) is 1.97. The number of rotatable bonds is 5. The average molecular weight is 215 g/mol. The quantitative estimate of drug-likeness (QED) is 0.755. The van der Waals surface area contributed by atoms with Gasteiger partial charge in [-0.25, -0.2) is 9.97 Å². The second-order valence-electron chi connectivity index (χ2n) is 3.05. The summed E-state index contributed by atoms with van der Waals surface area (Å²) in [6, 6.07) is 1.72. The maximum Gasteiger partial charge on any atom is 0.134 e. The summed E-state index contributed by atoms with van der Waals surface area (Å²) in [4.78, 5) is 10.1. The van der Waals surface area contributed by atoms with Crippen molar-refractivity contribution < 1.29 is 0 Å². The van der Waals surface area contributed by atoms with E-state index in [4.69, 9.17) is 11.6 Å². The lowest BCUT2D eigenvalue weighted by atomic mass is 10.5. The van der Waals surface area contributed by atoms with Crippen molar-refractivity contribution >= 4 is 17.4 Å². The van der Waals surface area contributed by atoms with E-state index in [1.54, 1.807) is 6.07 Å². The molecule has 0 radical (unpaired) electrons. The van der Waals surface area contributed by atoms with Gasteiger partial charge in [0, 0.05) is 19.2 Å². The van der Waals surface area contributed by atoms with Crippen molar-refractivity contribution in [1.29, 1.82) is 0 Å². The van der Waals surface area contributed by atoms with Crippen LogP contribution in [0.1, 0.15) is 6.92 Å². The summed E-state index contributed by atoms with van der Waals surface area (Å²) in [5.41, 5.74) is 0. The third kappa shape index (κ3) is 3.89. The van der Waals surface area contributed by atoms with Crippen LogP contribution in [0.25, 0.3) is 0 Å². The average Bonchev–Trinajstić information content (AvgIpc) is 2.17. The summed E-state index contributed by atoms with van der Waals surface area (Å²) in [5, 5.41) is 3.64. The van der Waals surface area contributed by atoms with Gasteiger partial charge in [-0.1, -0.05) is 18.5 Å². The molecule has 0 aromatic carbocycles. The summed E-state index contributed by atoms with van der Waals surface area (Å²) in [6.45, 7) is 5.02. The monoisotopic (exact) mass is 214 g/mol. The van der Waals surface area contributed by atoms with Crippen LogP contribution < -0.4 is 5.32 Å². The molecule has 0 amide bonds. The molecule has 1 aromatic rings. The van der Waals surface area contributed by atoms with E-state index in [2.05, 4.69) is 34.2 Å². The Kier molecular flexibility index (Phi) is 4.62. The lowest BCUT2D eigenvalue weighted by Gasteiger charge is -2.14. The van der Waals surface area contributed by atoms with E-state index < -0.39 is 0 Å². The van der Waals surface area contributed by atoms with E-state index in [0.29, 0.717) is 5.15 Å². The zero-order valence-electron chi connectivity index (χ0n) is 8.50. The van der Waals surface area contributed by atoms with Crippen LogP contribution in [0.3, 0.4) is 0 Å². The fraction of sp³-hybridized carbons (Fsp3) is 0.556. The van der Waals surface area contributed by atoms with Crippen LogP contribution in [-0.4, -0.2) is 41.5 Å². The van der Waals surface area contributed by atoms with Crippen molar-refractivity contribution in [1.82, 2.24) is 14.9 Å². The molecule has 0 atom stereocenters. The Bertz CT molecular complexity index is 279. The van der Waals surface area contributed by atoms with Crippen molar-refractivity contribution in [3.63, 3.8) is 0 Å². The number of halogens is 1.